The normalized spacial score (nSPS) is 13.9. The molecule has 0 aliphatic heterocycles. The van der Waals surface area contributed by atoms with E-state index in [0.29, 0.717) is 19.6 Å². The molecule has 0 fully saturated rings. The molecule has 0 bridgehead atoms. The lowest BCUT2D eigenvalue weighted by Crippen LogP contribution is -2.45. The van der Waals surface area contributed by atoms with Gasteiger partial charge in [-0.2, -0.15) is 0 Å². The number of thiophene rings is 2. The molecular weight excluding hydrogens is 300 g/mol. The summed E-state index contributed by atoms with van der Waals surface area (Å²) in [4.78, 5) is 17.3. The van der Waals surface area contributed by atoms with Crippen LogP contribution >= 0.6 is 22.7 Å². The molecule has 2 rings (SSSR count). The smallest absolute Gasteiger partial charge is 0.230 e. The van der Waals surface area contributed by atoms with Gasteiger partial charge in [-0.15, -0.1) is 22.7 Å². The highest BCUT2D eigenvalue weighted by atomic mass is 32.1. The fraction of sp³-hybridized carbons (Fsp3) is 0.438. The first-order valence-corrected chi connectivity index (χ1v) is 8.89. The van der Waals surface area contributed by atoms with Gasteiger partial charge in [-0.05, 0) is 36.2 Å². The Morgan fingerprint density at radius 1 is 1.19 bits per heavy atom. The molecule has 0 saturated carbocycles. The maximum Gasteiger partial charge on any atom is 0.230 e. The van der Waals surface area contributed by atoms with E-state index in [-0.39, 0.29) is 5.91 Å². The minimum atomic E-state index is -0.478. The van der Waals surface area contributed by atoms with Gasteiger partial charge in [-0.3, -0.25) is 4.79 Å². The third-order valence-electron chi connectivity index (χ3n) is 3.89. The standard InChI is InChI=1S/C16H22N2OS2/c1-3-16(2,12-17)15(19)18(10-13-6-4-8-20-13)11-14-7-5-9-21-14/h4-9H,3,10-12,17H2,1-2H3. The van der Waals surface area contributed by atoms with Crippen LogP contribution < -0.4 is 5.73 Å². The quantitative estimate of drug-likeness (QED) is 0.844. The van der Waals surface area contributed by atoms with Crippen molar-refractivity contribution in [2.75, 3.05) is 6.54 Å². The van der Waals surface area contributed by atoms with E-state index in [1.165, 1.54) is 9.75 Å². The van der Waals surface area contributed by atoms with Crippen molar-refractivity contribution in [3.05, 3.63) is 44.8 Å². The molecule has 0 aliphatic carbocycles. The second kappa shape index (κ2) is 7.20. The summed E-state index contributed by atoms with van der Waals surface area (Å²) in [6, 6.07) is 8.20. The monoisotopic (exact) mass is 322 g/mol. The molecule has 0 aromatic carbocycles. The maximum atomic E-state index is 12.9. The fourth-order valence-electron chi connectivity index (χ4n) is 2.15. The lowest BCUT2D eigenvalue weighted by molar-refractivity contribution is -0.142. The minimum absolute atomic E-state index is 0.148. The number of nitrogens with zero attached hydrogens (tertiary/aromatic N) is 1. The van der Waals surface area contributed by atoms with Crippen LogP contribution in [0.2, 0.25) is 0 Å². The van der Waals surface area contributed by atoms with E-state index in [1.54, 1.807) is 22.7 Å². The average Bonchev–Trinajstić information content (AvgIpc) is 3.18. The first-order valence-electron chi connectivity index (χ1n) is 7.13. The van der Waals surface area contributed by atoms with Gasteiger partial charge in [0, 0.05) is 16.3 Å². The number of amides is 1. The Labute approximate surface area is 134 Å². The predicted molar refractivity (Wildman–Crippen MR) is 90.3 cm³/mol. The molecule has 1 amide bonds. The molecule has 0 spiro atoms. The van der Waals surface area contributed by atoms with Crippen LogP contribution in [0.4, 0.5) is 0 Å². The lowest BCUT2D eigenvalue weighted by atomic mass is 9.86. The fourth-order valence-corrected chi connectivity index (χ4v) is 3.58. The zero-order chi connectivity index (χ0) is 15.3. The Balaban J connectivity index is 2.20. The Kier molecular flexibility index (Phi) is 5.56. The minimum Gasteiger partial charge on any atom is -0.332 e. The van der Waals surface area contributed by atoms with Crippen molar-refractivity contribution in [2.24, 2.45) is 11.1 Å². The van der Waals surface area contributed by atoms with Gasteiger partial charge in [-0.25, -0.2) is 0 Å². The van der Waals surface area contributed by atoms with E-state index in [2.05, 4.69) is 12.1 Å². The van der Waals surface area contributed by atoms with Crippen molar-refractivity contribution < 1.29 is 4.79 Å². The molecule has 21 heavy (non-hydrogen) atoms. The summed E-state index contributed by atoms with van der Waals surface area (Å²) < 4.78 is 0. The largest absolute Gasteiger partial charge is 0.332 e. The van der Waals surface area contributed by atoms with Crippen molar-refractivity contribution in [3.63, 3.8) is 0 Å². The van der Waals surface area contributed by atoms with E-state index in [0.717, 1.165) is 6.42 Å². The van der Waals surface area contributed by atoms with Crippen molar-refractivity contribution in [2.45, 2.75) is 33.4 Å². The number of carbonyl (C=O) groups is 1. The SMILES string of the molecule is CCC(C)(CN)C(=O)N(Cc1cccs1)Cc1cccs1. The Bertz CT molecular complexity index is 509. The van der Waals surface area contributed by atoms with Gasteiger partial charge in [0.2, 0.25) is 5.91 Å². The number of hydrogen-bond donors (Lipinski definition) is 1. The highest BCUT2D eigenvalue weighted by Crippen LogP contribution is 2.26. The molecule has 2 N–H and O–H groups in total. The molecule has 2 heterocycles. The molecule has 114 valence electrons. The predicted octanol–water partition coefficient (Wildman–Crippen LogP) is 3.71. The molecule has 1 atom stereocenters. The van der Waals surface area contributed by atoms with Crippen LogP contribution in [-0.2, 0) is 17.9 Å². The van der Waals surface area contributed by atoms with E-state index >= 15 is 0 Å². The summed E-state index contributed by atoms with van der Waals surface area (Å²) in [5.74, 6) is 0.148. The van der Waals surface area contributed by atoms with Gasteiger partial charge in [0.05, 0.1) is 18.5 Å². The number of rotatable bonds is 7. The van der Waals surface area contributed by atoms with Crippen molar-refractivity contribution >= 4 is 28.6 Å². The second-order valence-electron chi connectivity index (χ2n) is 5.44. The number of carbonyl (C=O) groups excluding carboxylic acids is 1. The number of nitrogens with two attached hydrogens (primary N) is 1. The van der Waals surface area contributed by atoms with Crippen molar-refractivity contribution in [1.82, 2.24) is 4.90 Å². The van der Waals surface area contributed by atoms with E-state index < -0.39 is 5.41 Å². The second-order valence-corrected chi connectivity index (χ2v) is 7.50. The van der Waals surface area contributed by atoms with Crippen molar-refractivity contribution in [1.29, 1.82) is 0 Å². The van der Waals surface area contributed by atoms with E-state index in [4.69, 9.17) is 5.73 Å². The van der Waals surface area contributed by atoms with Crippen LogP contribution in [-0.4, -0.2) is 17.4 Å². The van der Waals surface area contributed by atoms with Crippen LogP contribution in [0.15, 0.2) is 35.0 Å². The van der Waals surface area contributed by atoms with Crippen LogP contribution in [0.25, 0.3) is 0 Å². The van der Waals surface area contributed by atoms with E-state index in [1.807, 2.05) is 41.6 Å². The molecular formula is C16H22N2OS2. The molecule has 1 unspecified atom stereocenters. The summed E-state index contributed by atoms with van der Waals surface area (Å²) >= 11 is 3.37. The molecule has 5 heteroatoms. The van der Waals surface area contributed by atoms with Gasteiger partial charge in [0.15, 0.2) is 0 Å². The summed E-state index contributed by atoms with van der Waals surface area (Å²) in [7, 11) is 0. The molecule has 0 radical (unpaired) electrons. The van der Waals surface area contributed by atoms with Crippen LogP contribution in [0.5, 0.6) is 0 Å². The summed E-state index contributed by atoms with van der Waals surface area (Å²) in [6.45, 7) is 5.69. The molecule has 2 aromatic heterocycles. The summed E-state index contributed by atoms with van der Waals surface area (Å²) in [6.07, 6.45) is 0.758. The van der Waals surface area contributed by atoms with Gasteiger partial charge in [0.1, 0.15) is 0 Å². The molecule has 0 saturated heterocycles. The van der Waals surface area contributed by atoms with Crippen LogP contribution in [0.1, 0.15) is 30.0 Å². The Morgan fingerprint density at radius 2 is 1.71 bits per heavy atom. The van der Waals surface area contributed by atoms with Gasteiger partial charge >= 0.3 is 0 Å². The van der Waals surface area contributed by atoms with Crippen molar-refractivity contribution in [3.8, 4) is 0 Å². The average molecular weight is 322 g/mol. The van der Waals surface area contributed by atoms with Crippen LogP contribution in [0, 0.1) is 5.41 Å². The topological polar surface area (TPSA) is 46.3 Å². The maximum absolute atomic E-state index is 12.9. The lowest BCUT2D eigenvalue weighted by Gasteiger charge is -2.32. The third-order valence-corrected chi connectivity index (χ3v) is 5.61. The highest BCUT2D eigenvalue weighted by Gasteiger charge is 2.34. The van der Waals surface area contributed by atoms with Gasteiger partial charge in [-0.1, -0.05) is 19.1 Å². The Hall–Kier alpha value is -1.17. The third kappa shape index (κ3) is 3.93. The van der Waals surface area contributed by atoms with Crippen LogP contribution in [0.3, 0.4) is 0 Å². The highest BCUT2D eigenvalue weighted by molar-refractivity contribution is 7.10. The van der Waals surface area contributed by atoms with E-state index in [9.17, 15) is 4.79 Å². The first kappa shape index (κ1) is 16.2. The molecule has 0 aliphatic rings. The molecule has 3 nitrogen and oxygen atoms in total. The van der Waals surface area contributed by atoms with Gasteiger partial charge < -0.3 is 10.6 Å². The zero-order valence-electron chi connectivity index (χ0n) is 12.5. The summed E-state index contributed by atoms with van der Waals surface area (Å²) in [5, 5.41) is 4.09. The summed E-state index contributed by atoms with van der Waals surface area (Å²) in [5.41, 5.74) is 5.38. The number of hydrogen-bond acceptors (Lipinski definition) is 4. The van der Waals surface area contributed by atoms with Gasteiger partial charge in [0.25, 0.3) is 0 Å². The first-order chi connectivity index (χ1) is 10.1. The zero-order valence-corrected chi connectivity index (χ0v) is 14.2. The Morgan fingerprint density at radius 3 is 2.05 bits per heavy atom. The molecule has 2 aromatic rings.